The Bertz CT molecular complexity index is 710. The first-order valence-electron chi connectivity index (χ1n) is 7.15. The first kappa shape index (κ1) is 16.2. The van der Waals surface area contributed by atoms with Crippen LogP contribution in [0.15, 0.2) is 47.4 Å². The summed E-state index contributed by atoms with van der Waals surface area (Å²) in [5, 5.41) is 0. The molecule has 0 amide bonds. The quantitative estimate of drug-likeness (QED) is 0.833. The van der Waals surface area contributed by atoms with E-state index in [4.69, 9.17) is 22.7 Å². The van der Waals surface area contributed by atoms with Gasteiger partial charge < -0.3 is 15.0 Å². The number of pyridine rings is 1. The van der Waals surface area contributed by atoms with Crippen molar-refractivity contribution in [1.29, 1.82) is 0 Å². The van der Waals surface area contributed by atoms with E-state index in [9.17, 15) is 4.79 Å². The van der Waals surface area contributed by atoms with Crippen molar-refractivity contribution < 1.29 is 4.74 Å². The van der Waals surface area contributed by atoms with Crippen molar-refractivity contribution in [2.45, 2.75) is 27.0 Å². The Hall–Kier alpha value is -2.14. The highest BCUT2D eigenvalue weighted by Crippen LogP contribution is 2.15. The van der Waals surface area contributed by atoms with Gasteiger partial charge in [0.05, 0.1) is 10.7 Å². The van der Waals surface area contributed by atoms with Crippen molar-refractivity contribution in [2.24, 2.45) is 11.7 Å². The molecule has 0 radical (unpaired) electrons. The van der Waals surface area contributed by atoms with Gasteiger partial charge in [-0.3, -0.25) is 4.79 Å². The summed E-state index contributed by atoms with van der Waals surface area (Å²) in [6, 6.07) is 11.3. The summed E-state index contributed by atoms with van der Waals surface area (Å²) >= 11 is 5.01. The van der Waals surface area contributed by atoms with Gasteiger partial charge in [0.2, 0.25) is 5.43 Å². The lowest BCUT2D eigenvalue weighted by Crippen LogP contribution is -2.25. The Labute approximate surface area is 135 Å². The van der Waals surface area contributed by atoms with E-state index in [1.54, 1.807) is 6.20 Å². The van der Waals surface area contributed by atoms with Crippen LogP contribution in [-0.2, 0) is 13.2 Å². The summed E-state index contributed by atoms with van der Waals surface area (Å²) in [6.07, 6.45) is 1.75. The van der Waals surface area contributed by atoms with Gasteiger partial charge in [0, 0.05) is 24.7 Å². The first-order chi connectivity index (χ1) is 10.5. The molecule has 0 aliphatic carbocycles. The molecule has 1 heterocycles. The number of nitrogens with two attached hydrogens (primary N) is 1. The van der Waals surface area contributed by atoms with Gasteiger partial charge in [-0.2, -0.15) is 0 Å². The maximum Gasteiger partial charge on any atom is 0.223 e. The highest BCUT2D eigenvalue weighted by Gasteiger charge is 2.12. The Morgan fingerprint density at radius 1 is 1.32 bits per heavy atom. The minimum absolute atomic E-state index is 0.0539. The van der Waals surface area contributed by atoms with Crippen LogP contribution in [0.2, 0.25) is 0 Å². The monoisotopic (exact) mass is 316 g/mol. The second kappa shape index (κ2) is 7.22. The summed E-state index contributed by atoms with van der Waals surface area (Å²) in [7, 11) is 0. The largest absolute Gasteiger partial charge is 0.483 e. The molecule has 0 saturated carbocycles. The predicted molar refractivity (Wildman–Crippen MR) is 92.2 cm³/mol. The Morgan fingerprint density at radius 2 is 2.00 bits per heavy atom. The molecule has 0 saturated heterocycles. The fraction of sp³-hybridized carbons (Fsp3) is 0.294. The van der Waals surface area contributed by atoms with Crippen LogP contribution >= 0.6 is 12.2 Å². The molecule has 22 heavy (non-hydrogen) atoms. The molecule has 0 bridgehead atoms. The van der Waals surface area contributed by atoms with E-state index in [0.717, 1.165) is 11.3 Å². The van der Waals surface area contributed by atoms with Gasteiger partial charge in [-0.05, 0) is 12.5 Å². The fourth-order valence-electron chi connectivity index (χ4n) is 2.14. The van der Waals surface area contributed by atoms with Crippen LogP contribution in [0.3, 0.4) is 0 Å². The minimum atomic E-state index is -0.118. The number of hydrogen-bond donors (Lipinski definition) is 1. The number of rotatable bonds is 6. The third-order valence-corrected chi connectivity index (χ3v) is 3.97. The van der Waals surface area contributed by atoms with E-state index in [-0.39, 0.29) is 11.3 Å². The molecule has 2 rings (SSSR count). The second-order valence-electron chi connectivity index (χ2n) is 5.32. The van der Waals surface area contributed by atoms with Crippen LogP contribution in [0.1, 0.15) is 18.2 Å². The van der Waals surface area contributed by atoms with E-state index in [1.807, 2.05) is 48.7 Å². The lowest BCUT2D eigenvalue weighted by atomic mass is 10.1. The van der Waals surface area contributed by atoms with E-state index < -0.39 is 0 Å². The van der Waals surface area contributed by atoms with Gasteiger partial charge >= 0.3 is 0 Å². The van der Waals surface area contributed by atoms with Crippen molar-refractivity contribution in [1.82, 2.24) is 4.57 Å². The zero-order valence-electron chi connectivity index (χ0n) is 12.8. The van der Waals surface area contributed by atoms with Gasteiger partial charge in [-0.25, -0.2) is 0 Å². The molecule has 0 fully saturated rings. The van der Waals surface area contributed by atoms with Gasteiger partial charge in [0.1, 0.15) is 6.61 Å². The summed E-state index contributed by atoms with van der Waals surface area (Å²) < 4.78 is 7.69. The molecule has 1 aromatic heterocycles. The highest BCUT2D eigenvalue weighted by molar-refractivity contribution is 7.80. The van der Waals surface area contributed by atoms with Crippen LogP contribution in [0.25, 0.3) is 0 Å². The third kappa shape index (κ3) is 3.95. The molecule has 2 aromatic rings. The van der Waals surface area contributed by atoms with Crippen LogP contribution in [0, 0.1) is 12.8 Å². The molecule has 1 atom stereocenters. The molecule has 0 aliphatic heterocycles. The maximum atomic E-state index is 12.0. The SMILES string of the molecule is Cc1c(OCc2ccccc2)c(=O)ccn1CC(C)C(N)=S. The zero-order chi connectivity index (χ0) is 16.1. The number of benzene rings is 1. The van der Waals surface area contributed by atoms with Crippen molar-refractivity contribution in [3.63, 3.8) is 0 Å². The minimum Gasteiger partial charge on any atom is -0.483 e. The number of ether oxygens (including phenoxy) is 1. The molecular weight excluding hydrogens is 296 g/mol. The average molecular weight is 316 g/mol. The highest BCUT2D eigenvalue weighted by atomic mass is 32.1. The van der Waals surface area contributed by atoms with Crippen molar-refractivity contribution in [3.05, 3.63) is 64.1 Å². The van der Waals surface area contributed by atoms with E-state index in [0.29, 0.717) is 23.9 Å². The smallest absolute Gasteiger partial charge is 0.223 e. The van der Waals surface area contributed by atoms with Gasteiger partial charge in [0.25, 0.3) is 0 Å². The molecule has 5 heteroatoms. The summed E-state index contributed by atoms with van der Waals surface area (Å²) in [6.45, 7) is 4.83. The summed E-state index contributed by atoms with van der Waals surface area (Å²) in [5.74, 6) is 0.430. The number of hydrogen-bond acceptors (Lipinski definition) is 3. The van der Waals surface area contributed by atoms with E-state index in [1.165, 1.54) is 6.07 Å². The second-order valence-corrected chi connectivity index (χ2v) is 5.80. The van der Waals surface area contributed by atoms with E-state index in [2.05, 4.69) is 0 Å². The first-order valence-corrected chi connectivity index (χ1v) is 7.56. The Balaban J connectivity index is 2.20. The summed E-state index contributed by atoms with van der Waals surface area (Å²) in [4.78, 5) is 12.5. The summed E-state index contributed by atoms with van der Waals surface area (Å²) in [5.41, 5.74) is 7.35. The van der Waals surface area contributed by atoms with Crippen molar-refractivity contribution in [2.75, 3.05) is 0 Å². The molecule has 4 nitrogen and oxygen atoms in total. The normalized spacial score (nSPS) is 11.9. The van der Waals surface area contributed by atoms with Crippen LogP contribution < -0.4 is 15.9 Å². The molecule has 1 unspecified atom stereocenters. The number of nitrogens with zero attached hydrogens (tertiary/aromatic N) is 1. The van der Waals surface area contributed by atoms with Gasteiger partial charge in [-0.1, -0.05) is 49.5 Å². The number of aromatic nitrogens is 1. The Morgan fingerprint density at radius 3 is 2.64 bits per heavy atom. The maximum absolute atomic E-state index is 12.0. The lowest BCUT2D eigenvalue weighted by Gasteiger charge is -2.18. The topological polar surface area (TPSA) is 57.2 Å². The van der Waals surface area contributed by atoms with Crippen LogP contribution in [-0.4, -0.2) is 9.56 Å². The van der Waals surface area contributed by atoms with Gasteiger partial charge in [-0.15, -0.1) is 0 Å². The molecule has 1 aromatic carbocycles. The van der Waals surface area contributed by atoms with Crippen molar-refractivity contribution in [3.8, 4) is 5.75 Å². The lowest BCUT2D eigenvalue weighted by molar-refractivity contribution is 0.296. The molecular formula is C17H20N2O2S. The standard InChI is InChI=1S/C17H20N2O2S/c1-12(17(18)22)10-19-9-8-15(20)16(13(19)2)21-11-14-6-4-3-5-7-14/h3-9,12H,10-11H2,1-2H3,(H2,18,22). The average Bonchev–Trinajstić information content (AvgIpc) is 2.50. The molecule has 0 spiro atoms. The van der Waals surface area contributed by atoms with Crippen LogP contribution in [0.5, 0.6) is 5.75 Å². The zero-order valence-corrected chi connectivity index (χ0v) is 13.6. The van der Waals surface area contributed by atoms with E-state index >= 15 is 0 Å². The van der Waals surface area contributed by atoms with Crippen LogP contribution in [0.4, 0.5) is 0 Å². The third-order valence-electron chi connectivity index (χ3n) is 3.57. The predicted octanol–water partition coefficient (Wildman–Crippen LogP) is 2.66. The van der Waals surface area contributed by atoms with Crippen molar-refractivity contribution >= 4 is 17.2 Å². The molecule has 0 aliphatic rings. The number of thiocarbonyl (C=S) groups is 1. The molecule has 2 N–H and O–H groups in total. The fourth-order valence-corrected chi connectivity index (χ4v) is 2.22. The Kier molecular flexibility index (Phi) is 5.33. The van der Waals surface area contributed by atoms with Gasteiger partial charge in [0.15, 0.2) is 5.75 Å². The molecule has 116 valence electrons.